The van der Waals surface area contributed by atoms with E-state index in [4.69, 9.17) is 5.11 Å². The number of hydrogen-bond acceptors (Lipinski definition) is 1. The minimum absolute atomic E-state index is 0. The third-order valence-corrected chi connectivity index (χ3v) is 1.25. The van der Waals surface area contributed by atoms with Gasteiger partial charge in [-0.2, -0.15) is 0 Å². The standard InChI is InChI=1S/C2H2I2O2.Na.H/c3-1(4)2(5)6;;/h1H,(H,5,6);;. The van der Waals surface area contributed by atoms with E-state index in [1.807, 2.05) is 45.2 Å². The molecule has 0 fully saturated rings. The number of carbonyl (C=O) groups is 1. The predicted molar refractivity (Wildman–Crippen MR) is 46.6 cm³/mol. The second-order valence-electron chi connectivity index (χ2n) is 0.639. The Labute approximate surface area is 91.0 Å². The Hall–Kier alpha value is 1.93. The quantitative estimate of drug-likeness (QED) is 0.433. The number of hydrogen-bond donors (Lipinski definition) is 1. The first-order valence-corrected chi connectivity index (χ1v) is 3.64. The van der Waals surface area contributed by atoms with Crippen molar-refractivity contribution in [2.75, 3.05) is 0 Å². The number of halogens is 2. The van der Waals surface area contributed by atoms with Crippen LogP contribution in [0.5, 0.6) is 0 Å². The van der Waals surface area contributed by atoms with E-state index in [9.17, 15) is 4.79 Å². The zero-order valence-corrected chi connectivity index (χ0v) is 7.00. The van der Waals surface area contributed by atoms with Crippen molar-refractivity contribution >= 4 is 80.7 Å². The number of carboxylic acid groups (broad SMARTS) is 1. The third-order valence-electron chi connectivity index (χ3n) is 0.187. The van der Waals surface area contributed by atoms with Crippen LogP contribution in [0.15, 0.2) is 0 Å². The molecule has 0 radical (unpaired) electrons. The van der Waals surface area contributed by atoms with Crippen molar-refractivity contribution in [2.24, 2.45) is 0 Å². The minimum atomic E-state index is -0.767. The van der Waals surface area contributed by atoms with Gasteiger partial charge in [-0.25, -0.2) is 0 Å². The number of aliphatic carboxylic acids is 1. The molecule has 0 atom stereocenters. The topological polar surface area (TPSA) is 37.3 Å². The second-order valence-corrected chi connectivity index (χ2v) is 5.51. The van der Waals surface area contributed by atoms with Crippen molar-refractivity contribution in [3.63, 3.8) is 0 Å². The van der Waals surface area contributed by atoms with Crippen LogP contribution < -0.4 is 0 Å². The number of carboxylic acids is 1. The Balaban J connectivity index is 0. The molecular formula is C2H3I2NaO2. The van der Waals surface area contributed by atoms with Crippen molar-refractivity contribution in [3.05, 3.63) is 0 Å². The van der Waals surface area contributed by atoms with Crippen molar-refractivity contribution in [3.8, 4) is 0 Å². The summed E-state index contributed by atoms with van der Waals surface area (Å²) < 4.78 is -0.291. The zero-order chi connectivity index (χ0) is 5.15. The molecule has 0 aromatic rings. The average molecular weight is 336 g/mol. The van der Waals surface area contributed by atoms with Crippen LogP contribution in [0.25, 0.3) is 0 Å². The van der Waals surface area contributed by atoms with Crippen molar-refractivity contribution < 1.29 is 9.90 Å². The summed E-state index contributed by atoms with van der Waals surface area (Å²) in [5.74, 6) is -0.767. The molecule has 0 aliphatic carbocycles. The molecule has 0 aromatic heterocycles. The van der Waals surface area contributed by atoms with Crippen LogP contribution in [-0.4, -0.2) is 42.6 Å². The van der Waals surface area contributed by atoms with Gasteiger partial charge in [0.15, 0.2) is 1.93 Å². The van der Waals surface area contributed by atoms with Crippen LogP contribution in [0.4, 0.5) is 0 Å². The van der Waals surface area contributed by atoms with E-state index in [1.54, 1.807) is 0 Å². The summed E-state index contributed by atoms with van der Waals surface area (Å²) in [7, 11) is 0. The Bertz CT molecular complexity index is 64.7. The molecule has 1 N–H and O–H groups in total. The number of alkyl halides is 2. The van der Waals surface area contributed by atoms with E-state index in [1.165, 1.54) is 0 Å². The first-order valence-electron chi connectivity index (χ1n) is 1.15. The van der Waals surface area contributed by atoms with Crippen LogP contribution in [0.3, 0.4) is 0 Å². The summed E-state index contributed by atoms with van der Waals surface area (Å²) in [6, 6.07) is 0. The Kier molecular flexibility index (Phi) is 10.1. The number of rotatable bonds is 1. The van der Waals surface area contributed by atoms with Gasteiger partial charge in [0.25, 0.3) is 0 Å². The van der Waals surface area contributed by atoms with Gasteiger partial charge < -0.3 is 5.11 Å². The molecule has 5 heteroatoms. The maximum atomic E-state index is 9.68. The molecule has 0 rings (SSSR count). The molecule has 0 amide bonds. The average Bonchev–Trinajstić information content (AvgIpc) is 1.36. The van der Waals surface area contributed by atoms with Crippen LogP contribution in [-0.2, 0) is 4.79 Å². The van der Waals surface area contributed by atoms with Gasteiger partial charge in [0.1, 0.15) is 0 Å². The fourth-order valence-corrected chi connectivity index (χ4v) is 0. The Morgan fingerprint density at radius 1 is 1.57 bits per heavy atom. The van der Waals surface area contributed by atoms with Crippen LogP contribution in [0.1, 0.15) is 0 Å². The van der Waals surface area contributed by atoms with Gasteiger partial charge in [0.2, 0.25) is 0 Å². The second kappa shape index (κ2) is 6.06. The molecule has 0 bridgehead atoms. The van der Waals surface area contributed by atoms with Crippen LogP contribution in [0, 0.1) is 0 Å². The van der Waals surface area contributed by atoms with Gasteiger partial charge in [0, 0.05) is 0 Å². The van der Waals surface area contributed by atoms with Gasteiger partial charge >= 0.3 is 35.5 Å². The van der Waals surface area contributed by atoms with Crippen molar-refractivity contribution in [2.45, 2.75) is 1.93 Å². The van der Waals surface area contributed by atoms with E-state index in [2.05, 4.69) is 0 Å². The van der Waals surface area contributed by atoms with Gasteiger partial charge in [0.05, 0.1) is 0 Å². The summed E-state index contributed by atoms with van der Waals surface area (Å²) in [5.41, 5.74) is 0. The first kappa shape index (κ1) is 11.7. The van der Waals surface area contributed by atoms with E-state index in [0.29, 0.717) is 0 Å². The summed E-state index contributed by atoms with van der Waals surface area (Å²) in [6.07, 6.45) is 0. The predicted octanol–water partition coefficient (Wildman–Crippen LogP) is 0.619. The van der Waals surface area contributed by atoms with Gasteiger partial charge in [-0.3, -0.25) is 4.79 Å². The summed E-state index contributed by atoms with van der Waals surface area (Å²) >= 11 is 3.64. The molecule has 0 aliphatic rings. The van der Waals surface area contributed by atoms with Crippen LogP contribution >= 0.6 is 45.2 Å². The Morgan fingerprint density at radius 2 is 1.71 bits per heavy atom. The molecule has 0 aliphatic heterocycles. The molecule has 0 saturated carbocycles. The first-order chi connectivity index (χ1) is 2.64. The SMILES string of the molecule is O=C(O)C(I)I.[NaH]. The molecule has 0 heterocycles. The van der Waals surface area contributed by atoms with Gasteiger partial charge in [-0.05, 0) is 0 Å². The fraction of sp³-hybridized carbons (Fsp3) is 0.500. The Morgan fingerprint density at radius 3 is 1.71 bits per heavy atom. The molecule has 0 unspecified atom stereocenters. The third kappa shape index (κ3) is 7.93. The summed E-state index contributed by atoms with van der Waals surface area (Å²) in [6.45, 7) is 0. The maximum absolute atomic E-state index is 9.68. The molecule has 2 nitrogen and oxygen atoms in total. The van der Waals surface area contributed by atoms with E-state index >= 15 is 0 Å². The fourth-order valence-electron chi connectivity index (χ4n) is 0. The van der Waals surface area contributed by atoms with E-state index < -0.39 is 5.97 Å². The molecule has 7 heavy (non-hydrogen) atoms. The molecular weight excluding hydrogens is 333 g/mol. The molecule has 0 saturated heterocycles. The monoisotopic (exact) mass is 336 g/mol. The molecule has 0 aromatic carbocycles. The summed E-state index contributed by atoms with van der Waals surface area (Å²) in [5, 5.41) is 7.98. The summed E-state index contributed by atoms with van der Waals surface area (Å²) in [4.78, 5) is 9.68. The molecule has 0 spiro atoms. The zero-order valence-electron chi connectivity index (χ0n) is 2.69. The van der Waals surface area contributed by atoms with Crippen LogP contribution in [0.2, 0.25) is 0 Å². The van der Waals surface area contributed by atoms with Crippen molar-refractivity contribution in [1.29, 1.82) is 0 Å². The van der Waals surface area contributed by atoms with E-state index in [-0.39, 0.29) is 31.5 Å². The van der Waals surface area contributed by atoms with Gasteiger partial charge in [-0.1, -0.05) is 45.2 Å². The molecule has 38 valence electrons. The van der Waals surface area contributed by atoms with E-state index in [0.717, 1.165) is 0 Å². The van der Waals surface area contributed by atoms with Crippen molar-refractivity contribution in [1.82, 2.24) is 0 Å². The van der Waals surface area contributed by atoms with Gasteiger partial charge in [-0.15, -0.1) is 0 Å². The normalized spacial score (nSPS) is 7.86.